The van der Waals surface area contributed by atoms with Crippen molar-refractivity contribution in [3.63, 3.8) is 0 Å². The van der Waals surface area contributed by atoms with E-state index >= 15 is 0 Å². The second-order valence-corrected chi connectivity index (χ2v) is 4.73. The maximum atomic E-state index is 13.0. The average molecular weight is 276 g/mol. The zero-order valence-electron chi connectivity index (χ0n) is 10.8. The summed E-state index contributed by atoms with van der Waals surface area (Å²) in [6.07, 6.45) is 1.69. The fourth-order valence-electron chi connectivity index (χ4n) is 2.07. The molecule has 19 heavy (non-hydrogen) atoms. The normalized spacial score (nSPS) is 18.0. The lowest BCUT2D eigenvalue weighted by Crippen LogP contribution is -2.43. The van der Waals surface area contributed by atoms with Crippen molar-refractivity contribution in [3.05, 3.63) is 5.82 Å². The molecule has 1 aliphatic rings. The van der Waals surface area contributed by atoms with E-state index in [0.29, 0.717) is 25.7 Å². The number of halogens is 2. The summed E-state index contributed by atoms with van der Waals surface area (Å²) in [5.74, 6) is -3.66. The number of anilines is 1. The molecule has 2 N–H and O–H groups in total. The van der Waals surface area contributed by atoms with Crippen LogP contribution < -0.4 is 10.2 Å². The number of piperidine rings is 1. The number of alkyl halides is 2. The molecular weight excluding hydrogens is 258 g/mol. The first-order chi connectivity index (χ1) is 9.00. The van der Waals surface area contributed by atoms with Crippen LogP contribution >= 0.6 is 0 Å². The molecule has 1 aromatic heterocycles. The van der Waals surface area contributed by atoms with Gasteiger partial charge in [0.05, 0.1) is 6.61 Å². The first-order valence-corrected chi connectivity index (χ1v) is 6.32. The van der Waals surface area contributed by atoms with Crippen LogP contribution in [0.15, 0.2) is 4.52 Å². The summed E-state index contributed by atoms with van der Waals surface area (Å²) < 4.78 is 30.9. The molecular formula is C11H18F2N4O2. The lowest BCUT2D eigenvalue weighted by Gasteiger charge is -2.30. The molecule has 1 fully saturated rings. The molecule has 0 saturated carbocycles. The predicted molar refractivity (Wildman–Crippen MR) is 64.2 cm³/mol. The molecule has 0 atom stereocenters. The van der Waals surface area contributed by atoms with Gasteiger partial charge in [-0.05, 0) is 12.8 Å². The van der Waals surface area contributed by atoms with Gasteiger partial charge in [0, 0.05) is 32.6 Å². The fourth-order valence-corrected chi connectivity index (χ4v) is 2.07. The van der Waals surface area contributed by atoms with Gasteiger partial charge in [-0.2, -0.15) is 13.8 Å². The Labute approximate surface area is 109 Å². The molecule has 1 aromatic rings. The second-order valence-electron chi connectivity index (χ2n) is 4.73. The van der Waals surface area contributed by atoms with Crippen LogP contribution in [0.5, 0.6) is 0 Å². The molecule has 0 bridgehead atoms. The van der Waals surface area contributed by atoms with Crippen molar-refractivity contribution in [1.29, 1.82) is 0 Å². The van der Waals surface area contributed by atoms with Gasteiger partial charge in [-0.15, -0.1) is 0 Å². The van der Waals surface area contributed by atoms with Crippen molar-refractivity contribution in [2.45, 2.75) is 31.7 Å². The van der Waals surface area contributed by atoms with Crippen molar-refractivity contribution in [2.24, 2.45) is 0 Å². The number of nitrogens with one attached hydrogen (secondary N) is 1. The summed E-state index contributed by atoms with van der Waals surface area (Å²) >= 11 is 0. The zero-order chi connectivity index (χ0) is 13.9. The summed E-state index contributed by atoms with van der Waals surface area (Å²) in [4.78, 5) is 5.54. The Balaban J connectivity index is 1.89. The van der Waals surface area contributed by atoms with E-state index < -0.39 is 11.7 Å². The van der Waals surface area contributed by atoms with E-state index in [1.54, 1.807) is 4.90 Å². The number of hydrogen-bond acceptors (Lipinski definition) is 6. The molecule has 8 heteroatoms. The van der Waals surface area contributed by atoms with Gasteiger partial charge in [-0.1, -0.05) is 5.16 Å². The monoisotopic (exact) mass is 276 g/mol. The third kappa shape index (κ3) is 3.60. The van der Waals surface area contributed by atoms with E-state index in [1.165, 1.54) is 0 Å². The number of hydrogen-bond donors (Lipinski definition) is 2. The van der Waals surface area contributed by atoms with Crippen molar-refractivity contribution in [3.8, 4) is 0 Å². The summed E-state index contributed by atoms with van der Waals surface area (Å²) in [5, 5.41) is 15.2. The van der Waals surface area contributed by atoms with Crippen LogP contribution in [-0.2, 0) is 5.92 Å². The molecule has 0 spiro atoms. The summed E-state index contributed by atoms with van der Waals surface area (Å²) in [7, 11) is 0. The SMILES string of the molecule is CC(F)(F)c1noc(N2CCC(NCCO)CC2)n1. The molecule has 0 aromatic carbocycles. The first-order valence-electron chi connectivity index (χ1n) is 6.32. The average Bonchev–Trinajstić information content (AvgIpc) is 2.86. The van der Waals surface area contributed by atoms with E-state index in [-0.39, 0.29) is 12.6 Å². The Morgan fingerprint density at radius 1 is 1.47 bits per heavy atom. The van der Waals surface area contributed by atoms with Crippen molar-refractivity contribution in [2.75, 3.05) is 31.1 Å². The van der Waals surface area contributed by atoms with Crippen molar-refractivity contribution >= 4 is 6.01 Å². The highest BCUT2D eigenvalue weighted by molar-refractivity contribution is 5.26. The van der Waals surface area contributed by atoms with Crippen molar-refractivity contribution in [1.82, 2.24) is 15.5 Å². The predicted octanol–water partition coefficient (Wildman–Crippen LogP) is 0.732. The molecule has 0 unspecified atom stereocenters. The molecule has 2 rings (SSSR count). The van der Waals surface area contributed by atoms with Crippen LogP contribution in [0.3, 0.4) is 0 Å². The van der Waals surface area contributed by atoms with Gasteiger partial charge in [0.1, 0.15) is 0 Å². The molecule has 2 heterocycles. The lowest BCUT2D eigenvalue weighted by atomic mass is 10.1. The topological polar surface area (TPSA) is 74.4 Å². The summed E-state index contributed by atoms with van der Waals surface area (Å²) in [6.45, 7) is 2.75. The Hall–Kier alpha value is -1.28. The van der Waals surface area contributed by atoms with Gasteiger partial charge in [0.15, 0.2) is 0 Å². The fraction of sp³-hybridized carbons (Fsp3) is 0.818. The van der Waals surface area contributed by atoms with Crippen LogP contribution in [0.4, 0.5) is 14.8 Å². The maximum absolute atomic E-state index is 13.0. The van der Waals surface area contributed by atoms with Crippen LogP contribution in [0, 0.1) is 0 Å². The van der Waals surface area contributed by atoms with Gasteiger partial charge in [0.25, 0.3) is 0 Å². The minimum Gasteiger partial charge on any atom is -0.395 e. The van der Waals surface area contributed by atoms with Crippen LogP contribution in [-0.4, -0.2) is 47.5 Å². The third-order valence-electron chi connectivity index (χ3n) is 3.12. The highest BCUT2D eigenvalue weighted by Crippen LogP contribution is 2.26. The number of rotatable bonds is 5. The minimum atomic E-state index is -3.08. The van der Waals surface area contributed by atoms with E-state index in [1.807, 2.05) is 0 Å². The van der Waals surface area contributed by atoms with Crippen LogP contribution in [0.2, 0.25) is 0 Å². The Kier molecular flexibility index (Phi) is 4.31. The van der Waals surface area contributed by atoms with E-state index in [2.05, 4.69) is 15.5 Å². The highest BCUT2D eigenvalue weighted by atomic mass is 19.3. The van der Waals surface area contributed by atoms with E-state index in [0.717, 1.165) is 19.8 Å². The zero-order valence-corrected chi connectivity index (χ0v) is 10.8. The molecule has 0 aliphatic carbocycles. The molecule has 108 valence electrons. The van der Waals surface area contributed by atoms with Gasteiger partial charge >= 0.3 is 11.9 Å². The number of aliphatic hydroxyl groups excluding tert-OH is 1. The number of aliphatic hydroxyl groups is 1. The largest absolute Gasteiger partial charge is 0.395 e. The Bertz CT molecular complexity index is 400. The minimum absolute atomic E-state index is 0.110. The molecule has 1 aliphatic heterocycles. The van der Waals surface area contributed by atoms with Gasteiger partial charge in [-0.25, -0.2) is 0 Å². The Morgan fingerprint density at radius 2 is 2.16 bits per heavy atom. The van der Waals surface area contributed by atoms with E-state index in [4.69, 9.17) is 9.63 Å². The van der Waals surface area contributed by atoms with Crippen molar-refractivity contribution < 1.29 is 18.4 Å². The molecule has 0 radical (unpaired) electrons. The lowest BCUT2D eigenvalue weighted by molar-refractivity contribution is 0.00559. The molecule has 0 amide bonds. The maximum Gasteiger partial charge on any atom is 0.324 e. The molecule has 1 saturated heterocycles. The van der Waals surface area contributed by atoms with Gasteiger partial charge < -0.3 is 19.8 Å². The quantitative estimate of drug-likeness (QED) is 0.826. The standard InChI is InChI=1S/C11H18F2N4O2/c1-11(12,13)9-15-10(19-16-9)17-5-2-8(3-6-17)14-4-7-18/h8,14,18H,2-7H2,1H3. The summed E-state index contributed by atoms with van der Waals surface area (Å²) in [6, 6.07) is 0.482. The van der Waals surface area contributed by atoms with Crippen LogP contribution in [0.1, 0.15) is 25.6 Å². The van der Waals surface area contributed by atoms with Gasteiger partial charge in [0.2, 0.25) is 5.82 Å². The second kappa shape index (κ2) is 5.79. The Morgan fingerprint density at radius 3 is 2.68 bits per heavy atom. The third-order valence-corrected chi connectivity index (χ3v) is 3.12. The first kappa shape index (κ1) is 14.1. The number of nitrogens with zero attached hydrogens (tertiary/aromatic N) is 3. The van der Waals surface area contributed by atoms with Gasteiger partial charge in [-0.3, -0.25) is 0 Å². The highest BCUT2D eigenvalue weighted by Gasteiger charge is 2.32. The summed E-state index contributed by atoms with van der Waals surface area (Å²) in [5.41, 5.74) is 0. The smallest absolute Gasteiger partial charge is 0.324 e. The van der Waals surface area contributed by atoms with E-state index in [9.17, 15) is 8.78 Å². The van der Waals surface area contributed by atoms with Crippen LogP contribution in [0.25, 0.3) is 0 Å². The molecule has 6 nitrogen and oxygen atoms in total. The number of aromatic nitrogens is 2.